The highest BCUT2D eigenvalue weighted by molar-refractivity contribution is 9.10. The maximum atomic E-state index is 11.1. The molecule has 0 aliphatic carbocycles. The third-order valence-corrected chi connectivity index (χ3v) is 2.56. The summed E-state index contributed by atoms with van der Waals surface area (Å²) in [7, 11) is 0. The molecule has 2 heterocycles. The molecular formula is C9H10BrN3O. The fraction of sp³-hybridized carbons (Fsp3) is 0.333. The molecule has 0 aromatic carbocycles. The van der Waals surface area contributed by atoms with Crippen LogP contribution in [-0.4, -0.2) is 30.5 Å². The molecular weight excluding hydrogens is 246 g/mol. The molecule has 1 N–H and O–H groups in total. The van der Waals surface area contributed by atoms with Gasteiger partial charge in [-0.2, -0.15) is 0 Å². The van der Waals surface area contributed by atoms with Crippen molar-refractivity contribution in [1.82, 2.24) is 10.3 Å². The lowest BCUT2D eigenvalue weighted by Gasteiger charge is -2.27. The molecule has 0 unspecified atom stereocenters. The Kier molecular flexibility index (Phi) is 2.67. The molecule has 2 rings (SSSR count). The smallest absolute Gasteiger partial charge is 0.239 e. The molecule has 0 spiro atoms. The van der Waals surface area contributed by atoms with Gasteiger partial charge >= 0.3 is 0 Å². The SMILES string of the molecule is O=C1CN(c2cc(Br)ccn2)CCN1. The van der Waals surface area contributed by atoms with Crippen molar-refractivity contribution in [2.75, 3.05) is 24.5 Å². The van der Waals surface area contributed by atoms with Crippen LogP contribution in [0, 0.1) is 0 Å². The number of nitrogens with one attached hydrogen (secondary N) is 1. The highest BCUT2D eigenvalue weighted by Gasteiger charge is 2.17. The second kappa shape index (κ2) is 3.96. The predicted molar refractivity (Wildman–Crippen MR) is 57.2 cm³/mol. The average Bonchev–Trinajstić information content (AvgIpc) is 2.18. The Morgan fingerprint density at radius 1 is 1.57 bits per heavy atom. The Morgan fingerprint density at radius 2 is 2.43 bits per heavy atom. The van der Waals surface area contributed by atoms with Gasteiger partial charge in [-0.05, 0) is 12.1 Å². The average molecular weight is 256 g/mol. The van der Waals surface area contributed by atoms with Gasteiger partial charge in [0.1, 0.15) is 5.82 Å². The van der Waals surface area contributed by atoms with Crippen LogP contribution in [0.15, 0.2) is 22.8 Å². The summed E-state index contributed by atoms with van der Waals surface area (Å²) < 4.78 is 0.980. The third kappa shape index (κ3) is 2.04. The van der Waals surface area contributed by atoms with Gasteiger partial charge in [0.2, 0.25) is 5.91 Å². The molecule has 0 saturated carbocycles. The number of piperazine rings is 1. The van der Waals surface area contributed by atoms with E-state index < -0.39 is 0 Å². The van der Waals surface area contributed by atoms with Crippen molar-refractivity contribution in [2.24, 2.45) is 0 Å². The van der Waals surface area contributed by atoms with Gasteiger partial charge in [0.15, 0.2) is 0 Å². The molecule has 5 heteroatoms. The second-order valence-corrected chi connectivity index (χ2v) is 4.02. The first-order valence-corrected chi connectivity index (χ1v) is 5.18. The lowest BCUT2D eigenvalue weighted by molar-refractivity contribution is -0.120. The predicted octanol–water partition coefficient (Wildman–Crippen LogP) is 0.780. The van der Waals surface area contributed by atoms with E-state index in [1.807, 2.05) is 17.0 Å². The number of aromatic nitrogens is 1. The Hall–Kier alpha value is -1.10. The Balaban J connectivity index is 2.17. The van der Waals surface area contributed by atoms with Gasteiger partial charge in [0.25, 0.3) is 0 Å². The minimum absolute atomic E-state index is 0.0537. The number of halogens is 1. The van der Waals surface area contributed by atoms with Crippen LogP contribution in [0.1, 0.15) is 0 Å². The first-order chi connectivity index (χ1) is 6.75. The third-order valence-electron chi connectivity index (χ3n) is 2.07. The Bertz CT molecular complexity index is 356. The maximum absolute atomic E-state index is 11.1. The lowest BCUT2D eigenvalue weighted by Crippen LogP contribution is -2.48. The zero-order valence-electron chi connectivity index (χ0n) is 7.53. The van der Waals surface area contributed by atoms with Crippen LogP contribution in [0.2, 0.25) is 0 Å². The van der Waals surface area contributed by atoms with E-state index in [9.17, 15) is 4.79 Å². The fourth-order valence-corrected chi connectivity index (χ4v) is 1.72. The van der Waals surface area contributed by atoms with Gasteiger partial charge in [-0.1, -0.05) is 15.9 Å². The van der Waals surface area contributed by atoms with E-state index in [0.29, 0.717) is 13.1 Å². The number of carbonyl (C=O) groups excluding carboxylic acids is 1. The van der Waals surface area contributed by atoms with Gasteiger partial charge < -0.3 is 10.2 Å². The molecule has 1 fully saturated rings. The van der Waals surface area contributed by atoms with Crippen molar-refractivity contribution in [1.29, 1.82) is 0 Å². The maximum Gasteiger partial charge on any atom is 0.239 e. The summed E-state index contributed by atoms with van der Waals surface area (Å²) >= 11 is 3.38. The van der Waals surface area contributed by atoms with Gasteiger partial charge in [0.05, 0.1) is 6.54 Å². The molecule has 4 nitrogen and oxygen atoms in total. The molecule has 0 bridgehead atoms. The van der Waals surface area contributed by atoms with Gasteiger partial charge in [0, 0.05) is 23.8 Å². The van der Waals surface area contributed by atoms with Crippen LogP contribution in [0.25, 0.3) is 0 Å². The summed E-state index contributed by atoms with van der Waals surface area (Å²) in [5.74, 6) is 0.896. The minimum Gasteiger partial charge on any atom is -0.353 e. The number of hydrogen-bond donors (Lipinski definition) is 1. The molecule has 1 aromatic rings. The van der Waals surface area contributed by atoms with Crippen molar-refractivity contribution in [3.8, 4) is 0 Å². The van der Waals surface area contributed by atoms with Crippen molar-refractivity contribution >= 4 is 27.7 Å². The van der Waals surface area contributed by atoms with Gasteiger partial charge in [-0.3, -0.25) is 4.79 Å². The number of anilines is 1. The molecule has 0 atom stereocenters. The molecule has 1 amide bonds. The van der Waals surface area contributed by atoms with E-state index in [4.69, 9.17) is 0 Å². The molecule has 1 aromatic heterocycles. The molecule has 1 saturated heterocycles. The first kappa shape index (κ1) is 9.45. The molecule has 74 valence electrons. The zero-order valence-corrected chi connectivity index (χ0v) is 9.12. The van der Waals surface area contributed by atoms with Crippen molar-refractivity contribution < 1.29 is 4.79 Å². The van der Waals surface area contributed by atoms with E-state index in [2.05, 4.69) is 26.2 Å². The van der Waals surface area contributed by atoms with Crippen LogP contribution in [0.3, 0.4) is 0 Å². The van der Waals surface area contributed by atoms with Crippen molar-refractivity contribution in [3.05, 3.63) is 22.8 Å². The van der Waals surface area contributed by atoms with Crippen LogP contribution >= 0.6 is 15.9 Å². The van der Waals surface area contributed by atoms with Crippen LogP contribution < -0.4 is 10.2 Å². The Labute approximate surface area is 90.4 Å². The van der Waals surface area contributed by atoms with Gasteiger partial charge in [-0.15, -0.1) is 0 Å². The quantitative estimate of drug-likeness (QED) is 0.807. The summed E-state index contributed by atoms with van der Waals surface area (Å²) in [4.78, 5) is 17.3. The van der Waals surface area contributed by atoms with E-state index in [-0.39, 0.29) is 5.91 Å². The topological polar surface area (TPSA) is 45.2 Å². The molecule has 14 heavy (non-hydrogen) atoms. The number of nitrogens with zero attached hydrogens (tertiary/aromatic N) is 2. The normalized spacial score (nSPS) is 16.6. The standard InChI is InChI=1S/C9H10BrN3O/c10-7-1-2-11-8(5-7)13-4-3-12-9(14)6-13/h1-2,5H,3-4,6H2,(H,12,14). The van der Waals surface area contributed by atoms with Gasteiger partial charge in [-0.25, -0.2) is 4.98 Å². The summed E-state index contributed by atoms with van der Waals surface area (Å²) in [5.41, 5.74) is 0. The number of rotatable bonds is 1. The van der Waals surface area contributed by atoms with Crippen LogP contribution in [-0.2, 0) is 4.79 Å². The minimum atomic E-state index is 0.0537. The van der Waals surface area contributed by atoms with E-state index in [1.165, 1.54) is 0 Å². The van der Waals surface area contributed by atoms with Crippen molar-refractivity contribution in [3.63, 3.8) is 0 Å². The van der Waals surface area contributed by atoms with Crippen molar-refractivity contribution in [2.45, 2.75) is 0 Å². The molecule has 1 aliphatic rings. The summed E-state index contributed by atoms with van der Waals surface area (Å²) in [5, 5.41) is 2.78. The lowest BCUT2D eigenvalue weighted by atomic mass is 10.3. The summed E-state index contributed by atoms with van der Waals surface area (Å²) in [6.07, 6.45) is 1.73. The summed E-state index contributed by atoms with van der Waals surface area (Å²) in [6.45, 7) is 1.89. The number of carbonyl (C=O) groups is 1. The first-order valence-electron chi connectivity index (χ1n) is 4.39. The second-order valence-electron chi connectivity index (χ2n) is 3.10. The van der Waals surface area contributed by atoms with Crippen LogP contribution in [0.5, 0.6) is 0 Å². The van der Waals surface area contributed by atoms with E-state index >= 15 is 0 Å². The highest BCUT2D eigenvalue weighted by Crippen LogP contribution is 2.17. The largest absolute Gasteiger partial charge is 0.353 e. The summed E-state index contributed by atoms with van der Waals surface area (Å²) in [6, 6.07) is 3.78. The van der Waals surface area contributed by atoms with E-state index in [1.54, 1.807) is 6.20 Å². The molecule has 0 radical (unpaired) electrons. The number of amides is 1. The molecule has 1 aliphatic heterocycles. The zero-order chi connectivity index (χ0) is 9.97. The number of hydrogen-bond acceptors (Lipinski definition) is 3. The van der Waals surface area contributed by atoms with E-state index in [0.717, 1.165) is 16.8 Å². The monoisotopic (exact) mass is 255 g/mol. The fourth-order valence-electron chi connectivity index (χ4n) is 1.40. The Morgan fingerprint density at radius 3 is 3.14 bits per heavy atom. The number of pyridine rings is 1. The highest BCUT2D eigenvalue weighted by atomic mass is 79.9. The van der Waals surface area contributed by atoms with Crippen LogP contribution in [0.4, 0.5) is 5.82 Å².